The van der Waals surface area contributed by atoms with Crippen molar-refractivity contribution in [3.63, 3.8) is 0 Å². The first kappa shape index (κ1) is 18.8. The largest absolute Gasteiger partial charge is 0.488 e. The molecule has 0 unspecified atom stereocenters. The SMILES string of the molecule is Cc1cccc(COc2ccccc2/C=N/NC(=O)c2sc(C)nc2C)c1. The van der Waals surface area contributed by atoms with Gasteiger partial charge >= 0.3 is 0 Å². The number of hydrogen-bond donors (Lipinski definition) is 1. The summed E-state index contributed by atoms with van der Waals surface area (Å²) in [4.78, 5) is 17.0. The van der Waals surface area contributed by atoms with Crippen LogP contribution in [0.5, 0.6) is 5.75 Å². The van der Waals surface area contributed by atoms with Crippen LogP contribution >= 0.6 is 11.3 Å². The van der Waals surface area contributed by atoms with Gasteiger partial charge in [-0.05, 0) is 38.5 Å². The van der Waals surface area contributed by atoms with Gasteiger partial charge < -0.3 is 4.74 Å². The quantitative estimate of drug-likeness (QED) is 0.510. The summed E-state index contributed by atoms with van der Waals surface area (Å²) in [7, 11) is 0. The van der Waals surface area contributed by atoms with Crippen molar-refractivity contribution in [1.82, 2.24) is 10.4 Å². The van der Waals surface area contributed by atoms with Crippen LogP contribution < -0.4 is 10.2 Å². The average Bonchev–Trinajstić information content (AvgIpc) is 2.99. The number of hydrogen-bond acceptors (Lipinski definition) is 5. The molecule has 0 atom stereocenters. The topological polar surface area (TPSA) is 63.6 Å². The molecule has 27 heavy (non-hydrogen) atoms. The summed E-state index contributed by atoms with van der Waals surface area (Å²) in [5.41, 5.74) is 6.36. The first-order valence-corrected chi connectivity index (χ1v) is 9.39. The van der Waals surface area contributed by atoms with Crippen LogP contribution in [-0.2, 0) is 6.61 Å². The molecule has 1 aromatic heterocycles. The van der Waals surface area contributed by atoms with E-state index in [0.29, 0.717) is 22.9 Å². The van der Waals surface area contributed by atoms with Crippen LogP contribution in [0.25, 0.3) is 0 Å². The normalized spacial score (nSPS) is 10.9. The highest BCUT2D eigenvalue weighted by Crippen LogP contribution is 2.19. The second kappa shape index (κ2) is 8.60. The summed E-state index contributed by atoms with van der Waals surface area (Å²) in [6.07, 6.45) is 1.59. The van der Waals surface area contributed by atoms with Gasteiger partial charge in [-0.15, -0.1) is 11.3 Å². The number of rotatable bonds is 6. The molecule has 0 aliphatic rings. The Morgan fingerprint density at radius 1 is 1.19 bits per heavy atom. The minimum Gasteiger partial charge on any atom is -0.488 e. The molecule has 0 saturated heterocycles. The van der Waals surface area contributed by atoms with Gasteiger partial charge in [-0.2, -0.15) is 5.10 Å². The highest BCUT2D eigenvalue weighted by atomic mass is 32.1. The zero-order valence-corrected chi connectivity index (χ0v) is 16.3. The van der Waals surface area contributed by atoms with E-state index < -0.39 is 0 Å². The Morgan fingerprint density at radius 2 is 2.00 bits per heavy atom. The molecule has 0 saturated carbocycles. The van der Waals surface area contributed by atoms with Gasteiger partial charge in [0, 0.05) is 5.56 Å². The zero-order valence-electron chi connectivity index (χ0n) is 15.5. The molecule has 5 nitrogen and oxygen atoms in total. The molecule has 1 amide bonds. The fourth-order valence-electron chi connectivity index (χ4n) is 2.63. The second-order valence-electron chi connectivity index (χ2n) is 6.16. The van der Waals surface area contributed by atoms with E-state index in [-0.39, 0.29) is 5.91 Å². The standard InChI is InChI=1S/C21H21N3O2S/c1-14-7-6-8-17(11-14)13-26-19-10-5-4-9-18(19)12-22-24-21(25)20-15(2)23-16(3)27-20/h4-12H,13H2,1-3H3,(H,24,25)/b22-12+. The number of carbonyl (C=O) groups excluding carboxylic acids is 1. The van der Waals surface area contributed by atoms with E-state index in [1.807, 2.05) is 50.2 Å². The van der Waals surface area contributed by atoms with Crippen LogP contribution in [0, 0.1) is 20.8 Å². The summed E-state index contributed by atoms with van der Waals surface area (Å²) in [5.74, 6) is 0.453. The predicted octanol–water partition coefficient (Wildman–Crippen LogP) is 4.41. The van der Waals surface area contributed by atoms with Gasteiger partial charge in [-0.3, -0.25) is 4.79 Å². The molecule has 0 aliphatic heterocycles. The zero-order chi connectivity index (χ0) is 19.2. The van der Waals surface area contributed by atoms with Crippen molar-refractivity contribution in [1.29, 1.82) is 0 Å². The average molecular weight is 379 g/mol. The Labute approximate surface area is 162 Å². The van der Waals surface area contributed by atoms with E-state index in [0.717, 1.165) is 16.1 Å². The number of carbonyl (C=O) groups is 1. The van der Waals surface area contributed by atoms with Crippen molar-refractivity contribution < 1.29 is 9.53 Å². The Balaban J connectivity index is 1.65. The Hall–Kier alpha value is -2.99. The number of aryl methyl sites for hydroxylation is 3. The van der Waals surface area contributed by atoms with E-state index in [1.165, 1.54) is 16.9 Å². The lowest BCUT2D eigenvalue weighted by Crippen LogP contribution is -2.17. The monoisotopic (exact) mass is 379 g/mol. The number of amides is 1. The van der Waals surface area contributed by atoms with E-state index >= 15 is 0 Å². The van der Waals surface area contributed by atoms with Gasteiger partial charge in [0.1, 0.15) is 17.2 Å². The number of thiazole rings is 1. The highest BCUT2D eigenvalue weighted by Gasteiger charge is 2.12. The Bertz CT molecular complexity index is 979. The number of ether oxygens (including phenoxy) is 1. The smallest absolute Gasteiger partial charge is 0.283 e. The molecule has 0 radical (unpaired) electrons. The minimum atomic E-state index is -0.257. The van der Waals surface area contributed by atoms with Gasteiger partial charge in [0.15, 0.2) is 0 Å². The number of benzene rings is 2. The lowest BCUT2D eigenvalue weighted by Gasteiger charge is -2.09. The van der Waals surface area contributed by atoms with E-state index in [4.69, 9.17) is 4.74 Å². The van der Waals surface area contributed by atoms with Crippen LogP contribution in [0.2, 0.25) is 0 Å². The van der Waals surface area contributed by atoms with Gasteiger partial charge in [0.25, 0.3) is 5.91 Å². The fourth-order valence-corrected chi connectivity index (χ4v) is 3.44. The van der Waals surface area contributed by atoms with Gasteiger partial charge in [0.05, 0.1) is 16.9 Å². The van der Waals surface area contributed by atoms with Crippen LogP contribution in [0.15, 0.2) is 53.6 Å². The molecule has 0 spiro atoms. The molecule has 1 heterocycles. The lowest BCUT2D eigenvalue weighted by atomic mass is 10.1. The van der Waals surface area contributed by atoms with Crippen molar-refractivity contribution in [3.05, 3.63) is 80.8 Å². The number of aromatic nitrogens is 1. The predicted molar refractivity (Wildman–Crippen MR) is 109 cm³/mol. The highest BCUT2D eigenvalue weighted by molar-refractivity contribution is 7.13. The van der Waals surface area contributed by atoms with Crippen LogP contribution in [0.3, 0.4) is 0 Å². The molecule has 6 heteroatoms. The fraction of sp³-hybridized carbons (Fsp3) is 0.190. The summed E-state index contributed by atoms with van der Waals surface area (Å²) >= 11 is 1.36. The van der Waals surface area contributed by atoms with Crippen molar-refractivity contribution in [2.75, 3.05) is 0 Å². The summed E-state index contributed by atoms with van der Waals surface area (Å²) in [5, 5.41) is 4.93. The van der Waals surface area contributed by atoms with Crippen molar-refractivity contribution in [2.24, 2.45) is 5.10 Å². The number of para-hydroxylation sites is 1. The summed E-state index contributed by atoms with van der Waals surface area (Å²) in [6, 6.07) is 15.8. The number of nitrogens with one attached hydrogen (secondary N) is 1. The third-order valence-corrected chi connectivity index (χ3v) is 4.95. The molecule has 138 valence electrons. The third kappa shape index (κ3) is 5.01. The van der Waals surface area contributed by atoms with Gasteiger partial charge in [0.2, 0.25) is 0 Å². The third-order valence-electron chi connectivity index (χ3n) is 3.88. The van der Waals surface area contributed by atoms with E-state index in [1.54, 1.807) is 6.21 Å². The molecule has 3 aromatic rings. The molecule has 0 aliphatic carbocycles. The van der Waals surface area contributed by atoms with Crippen molar-refractivity contribution >= 4 is 23.5 Å². The maximum absolute atomic E-state index is 12.2. The van der Waals surface area contributed by atoms with Crippen molar-refractivity contribution in [2.45, 2.75) is 27.4 Å². The maximum Gasteiger partial charge on any atom is 0.283 e. The second-order valence-corrected chi connectivity index (χ2v) is 7.37. The molecule has 0 bridgehead atoms. The van der Waals surface area contributed by atoms with Crippen LogP contribution in [0.1, 0.15) is 37.1 Å². The van der Waals surface area contributed by atoms with Crippen LogP contribution in [0.4, 0.5) is 0 Å². The summed E-state index contributed by atoms with van der Waals surface area (Å²) in [6.45, 7) is 6.22. The number of nitrogens with zero attached hydrogens (tertiary/aromatic N) is 2. The Kier molecular flexibility index (Phi) is 5.98. The van der Waals surface area contributed by atoms with E-state index in [9.17, 15) is 4.79 Å². The van der Waals surface area contributed by atoms with E-state index in [2.05, 4.69) is 34.6 Å². The molecule has 0 fully saturated rings. The van der Waals surface area contributed by atoms with Gasteiger partial charge in [-0.25, -0.2) is 10.4 Å². The first-order valence-electron chi connectivity index (χ1n) is 8.58. The van der Waals surface area contributed by atoms with Gasteiger partial charge in [-0.1, -0.05) is 42.0 Å². The first-order chi connectivity index (χ1) is 13.0. The molecule has 1 N–H and O–H groups in total. The molecule has 3 rings (SSSR count). The van der Waals surface area contributed by atoms with Crippen molar-refractivity contribution in [3.8, 4) is 5.75 Å². The summed E-state index contributed by atoms with van der Waals surface area (Å²) < 4.78 is 5.93. The maximum atomic E-state index is 12.2. The number of hydrazone groups is 1. The van der Waals surface area contributed by atoms with Crippen LogP contribution in [-0.4, -0.2) is 17.1 Å². The molecular formula is C21H21N3O2S. The molecular weight excluding hydrogens is 358 g/mol. The lowest BCUT2D eigenvalue weighted by molar-refractivity contribution is 0.0958. The Morgan fingerprint density at radius 3 is 2.74 bits per heavy atom. The molecule has 2 aromatic carbocycles. The minimum absolute atomic E-state index is 0.257.